The minimum absolute atomic E-state index is 0.0516. The normalized spacial score (nSPS) is 13.3. The summed E-state index contributed by atoms with van der Waals surface area (Å²) >= 11 is 5.77. The van der Waals surface area contributed by atoms with Crippen LogP contribution in [-0.2, 0) is 13.0 Å². The summed E-state index contributed by atoms with van der Waals surface area (Å²) in [4.78, 5) is 28.3. The quantitative estimate of drug-likeness (QED) is 0.520. The van der Waals surface area contributed by atoms with Crippen molar-refractivity contribution in [3.63, 3.8) is 0 Å². The van der Waals surface area contributed by atoms with Crippen LogP contribution in [0.25, 0.3) is 0 Å². The molecule has 1 aromatic carbocycles. The average molecular weight is 390 g/mol. The predicted octanol–water partition coefficient (Wildman–Crippen LogP) is 3.21. The Morgan fingerprint density at radius 3 is 3.00 bits per heavy atom. The summed E-state index contributed by atoms with van der Waals surface area (Å²) in [5.41, 5.74) is 2.11. The van der Waals surface area contributed by atoms with Gasteiger partial charge in [0.15, 0.2) is 0 Å². The molecule has 11 heteroatoms. The van der Waals surface area contributed by atoms with Crippen LogP contribution in [0.3, 0.4) is 0 Å². The fraction of sp³-hybridized carbons (Fsp3) is 0.188. The van der Waals surface area contributed by atoms with Crippen molar-refractivity contribution in [3.8, 4) is 0 Å². The highest BCUT2D eigenvalue weighted by Crippen LogP contribution is 2.30. The van der Waals surface area contributed by atoms with Gasteiger partial charge in [0.25, 0.3) is 0 Å². The molecule has 0 radical (unpaired) electrons. The first-order valence-electron chi connectivity index (χ1n) is 8.01. The van der Waals surface area contributed by atoms with Crippen molar-refractivity contribution in [1.82, 2.24) is 19.9 Å². The van der Waals surface area contributed by atoms with E-state index < -0.39 is 10.7 Å². The molecule has 0 spiro atoms. The van der Waals surface area contributed by atoms with E-state index >= 15 is 0 Å². The molecule has 2 aromatic heterocycles. The van der Waals surface area contributed by atoms with Crippen molar-refractivity contribution in [2.24, 2.45) is 0 Å². The number of fused-ring (bicyclic) bond motifs is 1. The Balaban J connectivity index is 1.66. The number of hydrogen-bond donors (Lipinski definition) is 2. The molecule has 0 bridgehead atoms. The molecule has 1 aliphatic rings. The van der Waals surface area contributed by atoms with E-state index in [1.807, 2.05) is 0 Å². The summed E-state index contributed by atoms with van der Waals surface area (Å²) < 4.78 is 13.3. The van der Waals surface area contributed by atoms with Crippen LogP contribution in [0, 0.1) is 15.9 Å². The van der Waals surface area contributed by atoms with Crippen LogP contribution >= 0.6 is 11.6 Å². The predicted molar refractivity (Wildman–Crippen MR) is 96.7 cm³/mol. The summed E-state index contributed by atoms with van der Waals surface area (Å²) in [6.07, 6.45) is 3.43. The van der Waals surface area contributed by atoms with Gasteiger partial charge in [0, 0.05) is 24.3 Å². The minimum Gasteiger partial charge on any atom is -0.348 e. The summed E-state index contributed by atoms with van der Waals surface area (Å²) in [5, 5.41) is 14.2. The maximum atomic E-state index is 13.3. The monoisotopic (exact) mass is 389 g/mol. The Morgan fingerprint density at radius 1 is 1.37 bits per heavy atom. The summed E-state index contributed by atoms with van der Waals surface area (Å²) in [7, 11) is 0. The number of H-pyrrole nitrogens is 1. The fourth-order valence-electron chi connectivity index (χ4n) is 2.88. The Morgan fingerprint density at radius 2 is 2.22 bits per heavy atom. The lowest BCUT2D eigenvalue weighted by Crippen LogP contribution is -2.32. The molecule has 27 heavy (non-hydrogen) atoms. The van der Waals surface area contributed by atoms with Crippen molar-refractivity contribution in [2.45, 2.75) is 13.0 Å². The van der Waals surface area contributed by atoms with Crippen LogP contribution in [-0.4, -0.2) is 31.4 Å². The Bertz CT molecular complexity index is 1030. The molecule has 9 nitrogen and oxygen atoms in total. The van der Waals surface area contributed by atoms with E-state index in [4.69, 9.17) is 11.6 Å². The van der Waals surface area contributed by atoms with Gasteiger partial charge in [0.1, 0.15) is 12.0 Å². The molecule has 0 atom stereocenters. The molecule has 0 saturated heterocycles. The largest absolute Gasteiger partial charge is 0.348 e. The number of imidazole rings is 1. The molecule has 3 aromatic rings. The molecule has 4 rings (SSSR count). The first-order valence-corrected chi connectivity index (χ1v) is 8.38. The van der Waals surface area contributed by atoms with Crippen LogP contribution in [0.1, 0.15) is 11.4 Å². The zero-order valence-corrected chi connectivity index (χ0v) is 14.6. The van der Waals surface area contributed by atoms with Crippen LogP contribution < -0.4 is 10.2 Å². The van der Waals surface area contributed by atoms with Gasteiger partial charge < -0.3 is 15.2 Å². The van der Waals surface area contributed by atoms with E-state index in [-0.39, 0.29) is 22.5 Å². The third kappa shape index (κ3) is 3.38. The lowest BCUT2D eigenvalue weighted by molar-refractivity contribution is -0.384. The van der Waals surface area contributed by atoms with Gasteiger partial charge in [-0.15, -0.1) is 0 Å². The number of benzene rings is 1. The minimum atomic E-state index is -0.546. The van der Waals surface area contributed by atoms with E-state index in [1.165, 1.54) is 18.2 Å². The molecule has 0 saturated carbocycles. The lowest BCUT2D eigenvalue weighted by atomic mass is 10.1. The standard InChI is InChI=1S/C16H13ClFN7O2/c17-10-5-9(1-2-11(10)18)22-16-19-6-14(25(26)27)15(23-16)24-4-3-12-13(7-24)21-8-20-12/h1-2,5-6,8H,3-4,7H2,(H,20,21)(H,19,22,23). The summed E-state index contributed by atoms with van der Waals surface area (Å²) in [6.45, 7) is 0.952. The van der Waals surface area contributed by atoms with Gasteiger partial charge in [-0.1, -0.05) is 11.6 Å². The Labute approximate surface area is 157 Å². The number of nitrogens with zero attached hydrogens (tertiary/aromatic N) is 5. The van der Waals surface area contributed by atoms with Crippen molar-refractivity contribution in [2.75, 3.05) is 16.8 Å². The van der Waals surface area contributed by atoms with E-state index in [1.54, 1.807) is 11.2 Å². The summed E-state index contributed by atoms with van der Waals surface area (Å²) in [5.74, 6) is -0.207. The second-order valence-corrected chi connectivity index (χ2v) is 6.32. The molecule has 3 heterocycles. The maximum Gasteiger partial charge on any atom is 0.329 e. The highest BCUT2D eigenvalue weighted by molar-refractivity contribution is 6.31. The molecule has 2 N–H and O–H groups in total. The first-order chi connectivity index (χ1) is 13.0. The highest BCUT2D eigenvalue weighted by Gasteiger charge is 2.27. The van der Waals surface area contributed by atoms with Crippen molar-refractivity contribution in [3.05, 3.63) is 63.1 Å². The molecule has 1 aliphatic heterocycles. The summed E-state index contributed by atoms with van der Waals surface area (Å²) in [6, 6.07) is 4.07. The first kappa shape index (κ1) is 17.2. The number of hydrogen-bond acceptors (Lipinski definition) is 7. The molecule has 0 unspecified atom stereocenters. The van der Waals surface area contributed by atoms with Crippen molar-refractivity contribution >= 4 is 34.7 Å². The third-order valence-electron chi connectivity index (χ3n) is 4.20. The number of nitrogens with one attached hydrogen (secondary N) is 2. The fourth-order valence-corrected chi connectivity index (χ4v) is 3.06. The SMILES string of the molecule is O=[N+]([O-])c1cnc(Nc2ccc(F)c(Cl)c2)nc1N1CCc2[nH]cnc2C1. The Hall–Kier alpha value is -3.27. The zero-order valence-electron chi connectivity index (χ0n) is 13.8. The molecule has 0 aliphatic carbocycles. The van der Waals surface area contributed by atoms with Gasteiger partial charge in [0.2, 0.25) is 11.8 Å². The molecular weight excluding hydrogens is 377 g/mol. The maximum absolute atomic E-state index is 13.3. The molecular formula is C16H13ClFN7O2. The second kappa shape index (κ2) is 6.80. The third-order valence-corrected chi connectivity index (χ3v) is 4.49. The van der Waals surface area contributed by atoms with Crippen LogP contribution in [0.4, 0.5) is 27.5 Å². The number of nitro groups is 1. The smallest absolute Gasteiger partial charge is 0.329 e. The number of halogens is 2. The van der Waals surface area contributed by atoms with Crippen LogP contribution in [0.15, 0.2) is 30.7 Å². The molecule has 0 amide bonds. The molecule has 0 fully saturated rings. The van der Waals surface area contributed by atoms with E-state index in [2.05, 4.69) is 25.3 Å². The van der Waals surface area contributed by atoms with Gasteiger partial charge in [-0.25, -0.2) is 14.4 Å². The van der Waals surface area contributed by atoms with Crippen LogP contribution in [0.5, 0.6) is 0 Å². The van der Waals surface area contributed by atoms with Gasteiger partial charge in [-0.2, -0.15) is 4.98 Å². The average Bonchev–Trinajstić information content (AvgIpc) is 3.12. The number of aromatic nitrogens is 4. The number of rotatable bonds is 4. The van der Waals surface area contributed by atoms with Crippen LogP contribution in [0.2, 0.25) is 5.02 Å². The van der Waals surface area contributed by atoms with E-state index in [0.29, 0.717) is 25.2 Å². The zero-order chi connectivity index (χ0) is 19.0. The number of anilines is 3. The van der Waals surface area contributed by atoms with Crippen molar-refractivity contribution < 1.29 is 9.31 Å². The topological polar surface area (TPSA) is 113 Å². The number of aromatic amines is 1. The van der Waals surface area contributed by atoms with Gasteiger partial charge in [0.05, 0.1) is 28.5 Å². The Kier molecular flexibility index (Phi) is 4.32. The van der Waals surface area contributed by atoms with Gasteiger partial charge in [-0.05, 0) is 18.2 Å². The van der Waals surface area contributed by atoms with Gasteiger partial charge >= 0.3 is 5.69 Å². The lowest BCUT2D eigenvalue weighted by Gasteiger charge is -2.26. The highest BCUT2D eigenvalue weighted by atomic mass is 35.5. The molecule has 138 valence electrons. The second-order valence-electron chi connectivity index (χ2n) is 5.91. The van der Waals surface area contributed by atoms with Gasteiger partial charge in [-0.3, -0.25) is 10.1 Å². The van der Waals surface area contributed by atoms with E-state index in [9.17, 15) is 14.5 Å². The van der Waals surface area contributed by atoms with E-state index in [0.717, 1.165) is 17.6 Å². The van der Waals surface area contributed by atoms with Crippen molar-refractivity contribution in [1.29, 1.82) is 0 Å².